The molecule has 33 heavy (non-hydrogen) atoms. The van der Waals surface area contributed by atoms with Gasteiger partial charge < -0.3 is 13.8 Å². The molecule has 0 saturated carbocycles. The second-order valence-corrected chi connectivity index (χ2v) is 7.13. The number of ether oxygens (including phenoxy) is 1. The fourth-order valence-corrected chi connectivity index (χ4v) is 2.84. The molecule has 0 unspecified atom stereocenters. The van der Waals surface area contributed by atoms with E-state index in [0.717, 1.165) is 23.3 Å². The van der Waals surface area contributed by atoms with Gasteiger partial charge in [0.25, 0.3) is 5.89 Å². The molecule has 2 heterocycles. The van der Waals surface area contributed by atoms with E-state index in [1.54, 1.807) is 0 Å². The maximum atomic E-state index is 12.7. The molecule has 0 fully saturated rings. The first kappa shape index (κ1) is 22.2. The predicted molar refractivity (Wildman–Crippen MR) is 107 cm³/mol. The number of esters is 1. The van der Waals surface area contributed by atoms with Crippen LogP contribution in [0, 0.1) is 6.92 Å². The van der Waals surface area contributed by atoms with Gasteiger partial charge in [0.2, 0.25) is 17.5 Å². The molecule has 0 radical (unpaired) electrons. The SMILES string of the molecule is Cc1ccc(-c2noc(CCC(=O)OCc3nc(-c4ccc(C(F)(F)F)cc4)no3)n2)cc1. The highest BCUT2D eigenvalue weighted by molar-refractivity contribution is 5.69. The van der Waals surface area contributed by atoms with Crippen molar-refractivity contribution in [1.29, 1.82) is 0 Å². The third-order valence-corrected chi connectivity index (χ3v) is 4.62. The van der Waals surface area contributed by atoms with Gasteiger partial charge in [-0.2, -0.15) is 23.1 Å². The molecule has 0 amide bonds. The zero-order valence-corrected chi connectivity index (χ0v) is 17.3. The number of carbonyl (C=O) groups excluding carboxylic acids is 1. The number of hydrogen-bond acceptors (Lipinski definition) is 8. The maximum Gasteiger partial charge on any atom is 0.416 e. The summed E-state index contributed by atoms with van der Waals surface area (Å²) in [6.07, 6.45) is -4.24. The van der Waals surface area contributed by atoms with Crippen LogP contribution in [-0.4, -0.2) is 26.3 Å². The molecular weight excluding hydrogens is 441 g/mol. The van der Waals surface area contributed by atoms with Crippen LogP contribution < -0.4 is 0 Å². The Labute approximate surface area is 185 Å². The molecule has 4 rings (SSSR count). The Kier molecular flexibility index (Phi) is 6.20. The van der Waals surface area contributed by atoms with Crippen LogP contribution in [0.5, 0.6) is 0 Å². The molecule has 0 spiro atoms. The van der Waals surface area contributed by atoms with Crippen molar-refractivity contribution < 1.29 is 31.7 Å². The van der Waals surface area contributed by atoms with Gasteiger partial charge in [-0.25, -0.2) is 0 Å². The van der Waals surface area contributed by atoms with Crippen LogP contribution in [-0.2, 0) is 28.7 Å². The Morgan fingerprint density at radius 2 is 1.42 bits per heavy atom. The van der Waals surface area contributed by atoms with Gasteiger partial charge in [-0.15, -0.1) is 0 Å². The van der Waals surface area contributed by atoms with Gasteiger partial charge in [0.05, 0.1) is 12.0 Å². The molecule has 0 aliphatic heterocycles. The van der Waals surface area contributed by atoms with Crippen LogP contribution in [0.15, 0.2) is 57.6 Å². The first-order chi connectivity index (χ1) is 15.8. The normalized spacial score (nSPS) is 11.5. The topological polar surface area (TPSA) is 104 Å². The standard InChI is InChI=1S/C22H17F3N4O4/c1-13-2-4-14(5-3-13)20-26-17(32-28-20)10-11-19(30)31-12-18-27-21(29-33-18)15-6-8-16(9-7-15)22(23,24)25/h2-9H,10-12H2,1H3. The zero-order valence-electron chi connectivity index (χ0n) is 17.3. The Morgan fingerprint density at radius 1 is 0.879 bits per heavy atom. The summed E-state index contributed by atoms with van der Waals surface area (Å²) < 4.78 is 53.2. The second kappa shape index (κ2) is 9.23. The number of carbonyl (C=O) groups is 1. The van der Waals surface area contributed by atoms with E-state index in [1.807, 2.05) is 31.2 Å². The Balaban J connectivity index is 1.27. The third-order valence-electron chi connectivity index (χ3n) is 4.62. The Bertz CT molecular complexity index is 1230. The molecule has 170 valence electrons. The van der Waals surface area contributed by atoms with Gasteiger partial charge in [-0.1, -0.05) is 52.3 Å². The molecule has 0 aliphatic rings. The van der Waals surface area contributed by atoms with Crippen molar-refractivity contribution in [3.8, 4) is 22.8 Å². The molecule has 0 aliphatic carbocycles. The zero-order chi connectivity index (χ0) is 23.4. The Morgan fingerprint density at radius 3 is 2.03 bits per heavy atom. The monoisotopic (exact) mass is 458 g/mol. The number of aromatic nitrogens is 4. The molecule has 2 aromatic carbocycles. The maximum absolute atomic E-state index is 12.7. The number of rotatable bonds is 7. The minimum absolute atomic E-state index is 0.00453. The molecule has 4 aromatic rings. The lowest BCUT2D eigenvalue weighted by Gasteiger charge is -2.05. The number of halogens is 3. The van der Waals surface area contributed by atoms with E-state index in [1.165, 1.54) is 12.1 Å². The van der Waals surface area contributed by atoms with Crippen LogP contribution in [0.1, 0.15) is 29.3 Å². The third kappa shape index (κ3) is 5.62. The van der Waals surface area contributed by atoms with E-state index < -0.39 is 17.7 Å². The van der Waals surface area contributed by atoms with Gasteiger partial charge in [0, 0.05) is 17.5 Å². The lowest BCUT2D eigenvalue weighted by atomic mass is 10.1. The van der Waals surface area contributed by atoms with Crippen molar-refractivity contribution in [2.24, 2.45) is 0 Å². The van der Waals surface area contributed by atoms with Gasteiger partial charge in [0.1, 0.15) is 0 Å². The molecule has 2 aromatic heterocycles. The number of nitrogens with zero attached hydrogens (tertiary/aromatic N) is 4. The molecule has 0 saturated heterocycles. The van der Waals surface area contributed by atoms with Crippen LogP contribution in [0.3, 0.4) is 0 Å². The quantitative estimate of drug-likeness (QED) is 0.364. The molecule has 11 heteroatoms. The van der Waals surface area contributed by atoms with Gasteiger partial charge in [-0.3, -0.25) is 4.79 Å². The van der Waals surface area contributed by atoms with E-state index in [-0.39, 0.29) is 31.2 Å². The van der Waals surface area contributed by atoms with E-state index in [2.05, 4.69) is 20.3 Å². The number of aryl methyl sites for hydroxylation is 2. The molecule has 0 bridgehead atoms. The molecule has 0 atom stereocenters. The number of benzene rings is 2. The fourth-order valence-electron chi connectivity index (χ4n) is 2.84. The molecule has 8 nitrogen and oxygen atoms in total. The summed E-state index contributed by atoms with van der Waals surface area (Å²) in [5.41, 5.74) is 1.47. The average molecular weight is 458 g/mol. The van der Waals surface area contributed by atoms with Gasteiger partial charge >= 0.3 is 12.1 Å². The molecular formula is C22H17F3N4O4. The van der Waals surface area contributed by atoms with Gasteiger partial charge in [-0.05, 0) is 19.1 Å². The van der Waals surface area contributed by atoms with Crippen molar-refractivity contribution in [3.05, 3.63) is 71.4 Å². The largest absolute Gasteiger partial charge is 0.456 e. The number of hydrogen-bond donors (Lipinski definition) is 0. The lowest BCUT2D eigenvalue weighted by molar-refractivity contribution is -0.145. The second-order valence-electron chi connectivity index (χ2n) is 7.13. The van der Waals surface area contributed by atoms with Crippen LogP contribution in [0.25, 0.3) is 22.8 Å². The summed E-state index contributed by atoms with van der Waals surface area (Å²) in [5.74, 6) is 0.284. The number of alkyl halides is 3. The lowest BCUT2D eigenvalue weighted by Crippen LogP contribution is -2.06. The van der Waals surface area contributed by atoms with Crippen molar-refractivity contribution in [1.82, 2.24) is 20.3 Å². The van der Waals surface area contributed by atoms with Crippen LogP contribution in [0.2, 0.25) is 0 Å². The van der Waals surface area contributed by atoms with E-state index >= 15 is 0 Å². The van der Waals surface area contributed by atoms with Crippen molar-refractivity contribution in [2.75, 3.05) is 0 Å². The van der Waals surface area contributed by atoms with Crippen molar-refractivity contribution in [2.45, 2.75) is 32.5 Å². The van der Waals surface area contributed by atoms with Crippen molar-refractivity contribution >= 4 is 5.97 Å². The first-order valence-electron chi connectivity index (χ1n) is 9.83. The fraction of sp³-hybridized carbons (Fsp3) is 0.227. The summed E-state index contributed by atoms with van der Waals surface area (Å²) in [6.45, 7) is 1.70. The van der Waals surface area contributed by atoms with E-state index in [9.17, 15) is 18.0 Å². The summed E-state index contributed by atoms with van der Waals surface area (Å²) in [7, 11) is 0. The minimum atomic E-state index is -4.43. The van der Waals surface area contributed by atoms with Crippen LogP contribution >= 0.6 is 0 Å². The smallest absolute Gasteiger partial charge is 0.416 e. The van der Waals surface area contributed by atoms with Crippen LogP contribution in [0.4, 0.5) is 13.2 Å². The summed E-state index contributed by atoms with van der Waals surface area (Å²) in [4.78, 5) is 20.3. The summed E-state index contributed by atoms with van der Waals surface area (Å²) in [6, 6.07) is 11.9. The van der Waals surface area contributed by atoms with Crippen molar-refractivity contribution in [3.63, 3.8) is 0 Å². The summed E-state index contributed by atoms with van der Waals surface area (Å²) in [5, 5.41) is 7.60. The first-order valence-corrected chi connectivity index (χ1v) is 9.83. The molecule has 0 N–H and O–H groups in total. The summed E-state index contributed by atoms with van der Waals surface area (Å²) >= 11 is 0. The highest BCUT2D eigenvalue weighted by Gasteiger charge is 2.30. The predicted octanol–water partition coefficient (Wildman–Crippen LogP) is 4.79. The highest BCUT2D eigenvalue weighted by Crippen LogP contribution is 2.30. The minimum Gasteiger partial charge on any atom is -0.456 e. The highest BCUT2D eigenvalue weighted by atomic mass is 19.4. The Hall–Kier alpha value is -4.02. The average Bonchev–Trinajstić information content (AvgIpc) is 3.46. The van der Waals surface area contributed by atoms with Gasteiger partial charge in [0.15, 0.2) is 6.61 Å². The van der Waals surface area contributed by atoms with E-state index in [0.29, 0.717) is 17.3 Å². The van der Waals surface area contributed by atoms with E-state index in [4.69, 9.17) is 13.8 Å².